The summed E-state index contributed by atoms with van der Waals surface area (Å²) in [6.07, 6.45) is 1.03. The van der Waals surface area contributed by atoms with Crippen molar-refractivity contribution in [1.82, 2.24) is 15.1 Å². The van der Waals surface area contributed by atoms with Crippen molar-refractivity contribution in [3.8, 4) is 0 Å². The van der Waals surface area contributed by atoms with Gasteiger partial charge in [0.15, 0.2) is 0 Å². The van der Waals surface area contributed by atoms with Crippen molar-refractivity contribution in [2.45, 2.75) is 39.3 Å². The average Bonchev–Trinajstić information content (AvgIpc) is 2.37. The van der Waals surface area contributed by atoms with Crippen LogP contribution in [0.4, 0.5) is 0 Å². The molecule has 1 aliphatic heterocycles. The molecule has 0 aromatic carbocycles. The first kappa shape index (κ1) is 16.4. The molecule has 3 N–H and O–H groups in total. The molecule has 2 unspecified atom stereocenters. The Labute approximate surface area is 117 Å². The maximum absolute atomic E-state index is 12.2. The molecule has 0 bridgehead atoms. The van der Waals surface area contributed by atoms with E-state index in [1.165, 1.54) is 0 Å². The third-order valence-electron chi connectivity index (χ3n) is 3.90. The molecule has 0 aliphatic carbocycles. The van der Waals surface area contributed by atoms with Crippen molar-refractivity contribution < 1.29 is 4.79 Å². The molecule has 0 spiro atoms. The predicted molar refractivity (Wildman–Crippen MR) is 79.0 cm³/mol. The van der Waals surface area contributed by atoms with Crippen LogP contribution in [0.5, 0.6) is 0 Å². The first-order valence-corrected chi connectivity index (χ1v) is 7.37. The van der Waals surface area contributed by atoms with Gasteiger partial charge in [-0.1, -0.05) is 13.8 Å². The molecule has 1 fully saturated rings. The van der Waals surface area contributed by atoms with Crippen molar-refractivity contribution in [2.24, 2.45) is 11.7 Å². The van der Waals surface area contributed by atoms with Gasteiger partial charge in [0.2, 0.25) is 5.91 Å². The number of likely N-dealkylation sites (N-methyl/N-ethyl adjacent to an activating group) is 1. The van der Waals surface area contributed by atoms with E-state index < -0.39 is 0 Å². The molecule has 1 saturated heterocycles. The summed E-state index contributed by atoms with van der Waals surface area (Å²) in [6.45, 7) is 10.5. The molecule has 5 nitrogen and oxygen atoms in total. The monoisotopic (exact) mass is 270 g/mol. The Kier molecular flexibility index (Phi) is 6.75. The lowest BCUT2D eigenvalue weighted by molar-refractivity contribution is -0.127. The zero-order chi connectivity index (χ0) is 14.4. The molecule has 112 valence electrons. The van der Waals surface area contributed by atoms with E-state index in [1.807, 2.05) is 6.92 Å². The zero-order valence-corrected chi connectivity index (χ0v) is 12.9. The fourth-order valence-electron chi connectivity index (χ4n) is 2.53. The molecular weight excluding hydrogens is 240 g/mol. The Morgan fingerprint density at radius 2 is 2.05 bits per heavy atom. The number of piperazine rings is 1. The van der Waals surface area contributed by atoms with E-state index in [2.05, 4.69) is 36.0 Å². The topological polar surface area (TPSA) is 61.6 Å². The van der Waals surface area contributed by atoms with Gasteiger partial charge in [0.1, 0.15) is 0 Å². The summed E-state index contributed by atoms with van der Waals surface area (Å²) in [5, 5.41) is 3.03. The quantitative estimate of drug-likeness (QED) is 0.719. The van der Waals surface area contributed by atoms with Crippen molar-refractivity contribution in [3.05, 3.63) is 0 Å². The normalized spacial score (nSPS) is 23.6. The molecule has 19 heavy (non-hydrogen) atoms. The average molecular weight is 270 g/mol. The van der Waals surface area contributed by atoms with E-state index in [4.69, 9.17) is 5.73 Å². The second kappa shape index (κ2) is 7.82. The molecule has 0 saturated carbocycles. The molecule has 1 rings (SSSR count). The fourth-order valence-corrected chi connectivity index (χ4v) is 2.53. The number of nitrogens with one attached hydrogen (secondary N) is 1. The predicted octanol–water partition coefficient (Wildman–Crippen LogP) is 0.112. The molecule has 0 aromatic rings. The number of carbonyl (C=O) groups is 1. The fraction of sp³-hybridized carbons (Fsp3) is 0.929. The van der Waals surface area contributed by atoms with Gasteiger partial charge in [0.05, 0.1) is 6.04 Å². The standard InChI is InChI=1S/C14H30N4O/c1-11(2)5-6-16-14(19)12(3)18-8-7-17(4)10-13(18)9-15/h11-13H,5-10,15H2,1-4H3,(H,16,19). The Hall–Kier alpha value is -0.650. The van der Waals surface area contributed by atoms with Crippen LogP contribution in [0.25, 0.3) is 0 Å². The van der Waals surface area contributed by atoms with Crippen LogP contribution in [0, 0.1) is 5.92 Å². The highest BCUT2D eigenvalue weighted by molar-refractivity contribution is 5.81. The van der Waals surface area contributed by atoms with E-state index in [0.29, 0.717) is 12.5 Å². The lowest BCUT2D eigenvalue weighted by atomic mass is 10.1. The van der Waals surface area contributed by atoms with Crippen molar-refractivity contribution >= 4 is 5.91 Å². The maximum Gasteiger partial charge on any atom is 0.237 e. The van der Waals surface area contributed by atoms with Gasteiger partial charge in [0, 0.05) is 38.8 Å². The molecule has 2 atom stereocenters. The minimum absolute atomic E-state index is 0.0885. The highest BCUT2D eigenvalue weighted by Gasteiger charge is 2.30. The van der Waals surface area contributed by atoms with Crippen LogP contribution in [-0.4, -0.2) is 67.6 Å². The van der Waals surface area contributed by atoms with Crippen molar-refractivity contribution in [2.75, 3.05) is 39.8 Å². The van der Waals surface area contributed by atoms with Crippen LogP contribution in [-0.2, 0) is 4.79 Å². The SMILES string of the molecule is CC(C)CCNC(=O)C(C)N1CCN(C)CC1CN. The van der Waals surface area contributed by atoms with Gasteiger partial charge in [-0.05, 0) is 26.3 Å². The van der Waals surface area contributed by atoms with Gasteiger partial charge >= 0.3 is 0 Å². The molecule has 1 aliphatic rings. The van der Waals surface area contributed by atoms with Crippen LogP contribution < -0.4 is 11.1 Å². The summed E-state index contributed by atoms with van der Waals surface area (Å²) >= 11 is 0. The lowest BCUT2D eigenvalue weighted by Gasteiger charge is -2.42. The van der Waals surface area contributed by atoms with Crippen molar-refractivity contribution in [1.29, 1.82) is 0 Å². The van der Waals surface area contributed by atoms with E-state index in [9.17, 15) is 4.79 Å². The van der Waals surface area contributed by atoms with Crippen molar-refractivity contribution in [3.63, 3.8) is 0 Å². The smallest absolute Gasteiger partial charge is 0.237 e. The summed E-state index contributed by atoms with van der Waals surface area (Å²) in [5.41, 5.74) is 5.83. The summed E-state index contributed by atoms with van der Waals surface area (Å²) in [5.74, 6) is 0.750. The molecule has 1 heterocycles. The second-order valence-electron chi connectivity index (χ2n) is 6.04. The van der Waals surface area contributed by atoms with Gasteiger partial charge in [0.25, 0.3) is 0 Å². The van der Waals surface area contributed by atoms with Gasteiger partial charge < -0.3 is 16.0 Å². The first-order valence-electron chi connectivity index (χ1n) is 7.37. The number of carbonyl (C=O) groups excluding carboxylic acids is 1. The number of rotatable bonds is 6. The Balaban J connectivity index is 2.45. The number of amides is 1. The second-order valence-corrected chi connectivity index (χ2v) is 6.04. The largest absolute Gasteiger partial charge is 0.355 e. The summed E-state index contributed by atoms with van der Waals surface area (Å²) < 4.78 is 0. The van der Waals surface area contributed by atoms with E-state index in [0.717, 1.165) is 32.6 Å². The molecule has 0 aromatic heterocycles. The maximum atomic E-state index is 12.2. The zero-order valence-electron chi connectivity index (χ0n) is 12.9. The summed E-state index contributed by atoms with van der Waals surface area (Å²) in [4.78, 5) is 16.7. The van der Waals surface area contributed by atoms with Gasteiger partial charge in [-0.3, -0.25) is 9.69 Å². The molecular formula is C14H30N4O. The van der Waals surface area contributed by atoms with Crippen LogP contribution in [0.15, 0.2) is 0 Å². The van der Waals surface area contributed by atoms with Crippen LogP contribution in [0.1, 0.15) is 27.2 Å². The Morgan fingerprint density at radius 1 is 1.37 bits per heavy atom. The van der Waals surface area contributed by atoms with Gasteiger partial charge in [-0.2, -0.15) is 0 Å². The third kappa shape index (κ3) is 5.09. The Bertz CT molecular complexity index is 283. The highest BCUT2D eigenvalue weighted by Crippen LogP contribution is 2.12. The van der Waals surface area contributed by atoms with E-state index in [1.54, 1.807) is 0 Å². The number of hydrogen-bond acceptors (Lipinski definition) is 4. The lowest BCUT2D eigenvalue weighted by Crippen LogP contribution is -2.60. The molecule has 5 heteroatoms. The van der Waals surface area contributed by atoms with Crippen LogP contribution in [0.3, 0.4) is 0 Å². The summed E-state index contributed by atoms with van der Waals surface area (Å²) in [6, 6.07) is 0.194. The molecule has 1 amide bonds. The summed E-state index contributed by atoms with van der Waals surface area (Å²) in [7, 11) is 2.10. The minimum atomic E-state index is -0.0885. The van der Waals surface area contributed by atoms with Crippen LogP contribution in [0.2, 0.25) is 0 Å². The number of hydrogen-bond donors (Lipinski definition) is 2. The van der Waals surface area contributed by atoms with E-state index >= 15 is 0 Å². The molecule has 0 radical (unpaired) electrons. The Morgan fingerprint density at radius 3 is 2.63 bits per heavy atom. The first-order chi connectivity index (χ1) is 8.95. The van der Waals surface area contributed by atoms with Gasteiger partial charge in [-0.15, -0.1) is 0 Å². The van der Waals surface area contributed by atoms with E-state index in [-0.39, 0.29) is 18.0 Å². The number of nitrogens with zero attached hydrogens (tertiary/aromatic N) is 2. The minimum Gasteiger partial charge on any atom is -0.355 e. The number of nitrogens with two attached hydrogens (primary N) is 1. The van der Waals surface area contributed by atoms with Crippen LogP contribution >= 0.6 is 0 Å². The van der Waals surface area contributed by atoms with Gasteiger partial charge in [-0.25, -0.2) is 0 Å². The highest BCUT2D eigenvalue weighted by atomic mass is 16.2. The third-order valence-corrected chi connectivity index (χ3v) is 3.90.